The fourth-order valence-corrected chi connectivity index (χ4v) is 5.81. The molecule has 4 aromatic heterocycles. The lowest BCUT2D eigenvalue weighted by atomic mass is 10.2. The van der Waals surface area contributed by atoms with Crippen molar-refractivity contribution in [2.45, 2.75) is 37.7 Å². The number of rotatable bonds is 7. The van der Waals surface area contributed by atoms with E-state index in [1.807, 2.05) is 31.4 Å². The highest BCUT2D eigenvalue weighted by atomic mass is 32.2. The van der Waals surface area contributed by atoms with Gasteiger partial charge in [0.2, 0.25) is 0 Å². The highest BCUT2D eigenvalue weighted by Crippen LogP contribution is 2.36. The zero-order valence-electron chi connectivity index (χ0n) is 18.8. The first-order chi connectivity index (χ1) is 16.5. The highest BCUT2D eigenvalue weighted by molar-refractivity contribution is 7.99. The molecule has 0 spiro atoms. The Hall–Kier alpha value is -3.37. The number of H-pyrrole nitrogens is 1. The van der Waals surface area contributed by atoms with Gasteiger partial charge in [0.25, 0.3) is 5.56 Å². The summed E-state index contributed by atoms with van der Waals surface area (Å²) in [5, 5.41) is 3.06. The van der Waals surface area contributed by atoms with Gasteiger partial charge in [-0.15, -0.1) is 11.3 Å². The molecule has 1 unspecified atom stereocenters. The smallest absolute Gasteiger partial charge is 0.338 e. The number of benzene rings is 1. The maximum absolute atomic E-state index is 12.9. The summed E-state index contributed by atoms with van der Waals surface area (Å²) in [6.07, 6.45) is 1.59. The van der Waals surface area contributed by atoms with E-state index in [4.69, 9.17) is 19.1 Å². The number of hydrogen-bond donors (Lipinski definition) is 1. The Morgan fingerprint density at radius 1 is 1.29 bits per heavy atom. The Morgan fingerprint density at radius 3 is 2.88 bits per heavy atom. The molecule has 1 aromatic carbocycles. The van der Waals surface area contributed by atoms with Crippen LogP contribution in [0.25, 0.3) is 32.6 Å². The summed E-state index contributed by atoms with van der Waals surface area (Å²) in [6, 6.07) is 9.02. The lowest BCUT2D eigenvalue weighted by molar-refractivity contribution is 0.0526. The predicted octanol–water partition coefficient (Wildman–Crippen LogP) is 5.64. The van der Waals surface area contributed by atoms with Gasteiger partial charge < -0.3 is 18.7 Å². The number of thiophene rings is 1. The lowest BCUT2D eigenvalue weighted by Crippen LogP contribution is -2.12. The van der Waals surface area contributed by atoms with Gasteiger partial charge in [0.1, 0.15) is 16.4 Å². The zero-order chi connectivity index (χ0) is 23.8. The van der Waals surface area contributed by atoms with Crippen LogP contribution in [0, 0.1) is 0 Å². The number of aromatic nitrogens is 4. The highest BCUT2D eigenvalue weighted by Gasteiger charge is 2.21. The quantitative estimate of drug-likeness (QED) is 0.230. The Bertz CT molecular complexity index is 1550. The van der Waals surface area contributed by atoms with Gasteiger partial charge in [-0.05, 0) is 51.1 Å². The van der Waals surface area contributed by atoms with Crippen LogP contribution in [0.1, 0.15) is 42.2 Å². The van der Waals surface area contributed by atoms with Crippen molar-refractivity contribution in [2.24, 2.45) is 0 Å². The zero-order valence-corrected chi connectivity index (χ0v) is 20.5. The fraction of sp³-hybridized carbons (Fsp3) is 0.250. The SMILES string of the molecule is CCOC(=O)c1ccc2c(c1)nc(SC(C)c1nc3scc(-c4ccco4)c3c(=O)[nH]1)n2CC. The first-order valence-electron chi connectivity index (χ1n) is 10.9. The number of aryl methyl sites for hydroxylation is 1. The number of nitrogens with zero attached hydrogens (tertiary/aromatic N) is 3. The normalized spacial score (nSPS) is 12.4. The van der Waals surface area contributed by atoms with Crippen LogP contribution in [0.3, 0.4) is 0 Å². The second-order valence-electron chi connectivity index (χ2n) is 7.58. The molecule has 10 heteroatoms. The summed E-state index contributed by atoms with van der Waals surface area (Å²) in [6.45, 7) is 6.84. The number of carbonyl (C=O) groups excluding carboxylic acids is 1. The van der Waals surface area contributed by atoms with Crippen molar-refractivity contribution in [1.82, 2.24) is 19.5 Å². The molecular formula is C24H22N4O4S2. The Balaban J connectivity index is 1.47. The van der Waals surface area contributed by atoms with Crippen molar-refractivity contribution in [3.63, 3.8) is 0 Å². The van der Waals surface area contributed by atoms with Crippen LogP contribution >= 0.6 is 23.1 Å². The molecule has 0 aliphatic rings. The van der Waals surface area contributed by atoms with E-state index in [0.29, 0.717) is 40.5 Å². The van der Waals surface area contributed by atoms with Crippen LogP contribution in [0.15, 0.2) is 56.3 Å². The largest absolute Gasteiger partial charge is 0.464 e. The third kappa shape index (κ3) is 3.92. The van der Waals surface area contributed by atoms with E-state index in [0.717, 1.165) is 21.8 Å². The van der Waals surface area contributed by atoms with Gasteiger partial charge in [-0.3, -0.25) is 4.79 Å². The molecule has 5 rings (SSSR count). The van der Waals surface area contributed by atoms with Gasteiger partial charge in [0.05, 0.1) is 40.1 Å². The molecule has 0 amide bonds. The number of aromatic amines is 1. The number of hydrogen-bond acceptors (Lipinski definition) is 8. The van der Waals surface area contributed by atoms with Crippen molar-refractivity contribution in [3.05, 3.63) is 63.7 Å². The van der Waals surface area contributed by atoms with E-state index >= 15 is 0 Å². The number of imidazole rings is 1. The average Bonchev–Trinajstić information content (AvgIpc) is 3.56. The molecule has 0 bridgehead atoms. The predicted molar refractivity (Wildman–Crippen MR) is 134 cm³/mol. The fourth-order valence-electron chi connectivity index (χ4n) is 3.83. The molecule has 0 aliphatic carbocycles. The molecule has 0 saturated carbocycles. The third-order valence-corrected chi connectivity index (χ3v) is 7.43. The summed E-state index contributed by atoms with van der Waals surface area (Å²) < 4.78 is 12.7. The summed E-state index contributed by atoms with van der Waals surface area (Å²) in [5.41, 5.74) is 2.68. The number of ether oxygens (including phenoxy) is 1. The van der Waals surface area contributed by atoms with Crippen molar-refractivity contribution in [2.75, 3.05) is 6.61 Å². The first kappa shape index (κ1) is 22.4. The number of furan rings is 1. The second kappa shape index (κ2) is 9.11. The van der Waals surface area contributed by atoms with Crippen molar-refractivity contribution in [3.8, 4) is 11.3 Å². The van der Waals surface area contributed by atoms with E-state index in [1.165, 1.54) is 23.1 Å². The van der Waals surface area contributed by atoms with Crippen LogP contribution in [0.5, 0.6) is 0 Å². The minimum absolute atomic E-state index is 0.155. The van der Waals surface area contributed by atoms with Crippen molar-refractivity contribution < 1.29 is 13.9 Å². The molecule has 0 radical (unpaired) electrons. The van der Waals surface area contributed by atoms with Crippen molar-refractivity contribution >= 4 is 50.3 Å². The molecular weight excluding hydrogens is 472 g/mol. The molecule has 8 nitrogen and oxygen atoms in total. The van der Waals surface area contributed by atoms with Crippen LogP contribution in [0.2, 0.25) is 0 Å². The van der Waals surface area contributed by atoms with Crippen molar-refractivity contribution in [1.29, 1.82) is 0 Å². The molecule has 0 aliphatic heterocycles. The van der Waals surface area contributed by atoms with Gasteiger partial charge >= 0.3 is 5.97 Å². The summed E-state index contributed by atoms with van der Waals surface area (Å²) in [7, 11) is 0. The van der Waals surface area contributed by atoms with Gasteiger partial charge in [-0.2, -0.15) is 0 Å². The van der Waals surface area contributed by atoms with E-state index in [9.17, 15) is 9.59 Å². The second-order valence-corrected chi connectivity index (χ2v) is 9.75. The molecule has 5 aromatic rings. The number of esters is 1. The van der Waals surface area contributed by atoms with E-state index < -0.39 is 0 Å². The molecule has 174 valence electrons. The summed E-state index contributed by atoms with van der Waals surface area (Å²) in [4.78, 5) is 38.2. The maximum atomic E-state index is 12.9. The molecule has 4 heterocycles. The van der Waals surface area contributed by atoms with Crippen LogP contribution in [-0.2, 0) is 11.3 Å². The standard InChI is InChI=1S/C24H22N4O4S2/c1-4-28-17-9-8-14(23(30)31-5-2)11-16(17)25-24(28)34-13(3)20-26-21(29)19-15(12-33-22(19)27-20)18-7-6-10-32-18/h6-13H,4-5H2,1-3H3,(H,26,27,29). The lowest BCUT2D eigenvalue weighted by Gasteiger charge is -2.11. The van der Waals surface area contributed by atoms with Gasteiger partial charge in [-0.1, -0.05) is 11.8 Å². The third-order valence-electron chi connectivity index (χ3n) is 5.46. The number of nitrogens with one attached hydrogen (secondary N) is 1. The first-order valence-corrected chi connectivity index (χ1v) is 12.6. The Kier molecular flexibility index (Phi) is 6.01. The van der Waals surface area contributed by atoms with E-state index in [1.54, 1.807) is 31.4 Å². The summed E-state index contributed by atoms with van der Waals surface area (Å²) >= 11 is 2.93. The number of thioether (sulfide) groups is 1. The van der Waals surface area contributed by atoms with E-state index in [2.05, 4.69) is 9.55 Å². The number of fused-ring (bicyclic) bond motifs is 2. The minimum Gasteiger partial charge on any atom is -0.464 e. The Morgan fingerprint density at radius 2 is 2.15 bits per heavy atom. The molecule has 0 fully saturated rings. The minimum atomic E-state index is -0.363. The molecule has 1 N–H and O–H groups in total. The number of carbonyl (C=O) groups is 1. The molecule has 1 atom stereocenters. The van der Waals surface area contributed by atoms with Crippen LogP contribution in [-0.4, -0.2) is 32.1 Å². The topological polar surface area (TPSA) is 103 Å². The monoisotopic (exact) mass is 494 g/mol. The molecule has 34 heavy (non-hydrogen) atoms. The Labute approximate surface area is 203 Å². The van der Waals surface area contributed by atoms with Gasteiger partial charge in [-0.25, -0.2) is 14.8 Å². The van der Waals surface area contributed by atoms with Crippen LogP contribution < -0.4 is 5.56 Å². The summed E-state index contributed by atoms with van der Waals surface area (Å²) in [5.74, 6) is 0.864. The van der Waals surface area contributed by atoms with Crippen LogP contribution in [0.4, 0.5) is 0 Å². The molecule has 0 saturated heterocycles. The van der Waals surface area contributed by atoms with Gasteiger partial charge in [0.15, 0.2) is 5.16 Å². The van der Waals surface area contributed by atoms with E-state index in [-0.39, 0.29) is 16.8 Å². The maximum Gasteiger partial charge on any atom is 0.338 e. The average molecular weight is 495 g/mol. The van der Waals surface area contributed by atoms with Gasteiger partial charge in [0, 0.05) is 17.5 Å².